The zero-order valence-corrected chi connectivity index (χ0v) is 15.2. The molecule has 3 nitrogen and oxygen atoms in total. The molecule has 0 saturated carbocycles. The highest BCUT2D eigenvalue weighted by atomic mass is 32.2. The molecule has 0 saturated heterocycles. The average Bonchev–Trinajstić information content (AvgIpc) is 2.11. The highest BCUT2D eigenvalue weighted by Gasteiger charge is 2.37. The molecule has 0 aromatic rings. The van der Waals surface area contributed by atoms with Gasteiger partial charge in [-0.05, 0) is 45.8 Å². The summed E-state index contributed by atoms with van der Waals surface area (Å²) in [5.74, 6) is 0. The van der Waals surface area contributed by atoms with E-state index < -0.39 is 19.3 Å². The summed E-state index contributed by atoms with van der Waals surface area (Å²) in [6.07, 6.45) is 0. The van der Waals surface area contributed by atoms with E-state index in [1.807, 2.05) is 27.7 Å². The summed E-state index contributed by atoms with van der Waals surface area (Å²) in [6, 6.07) is 0. The van der Waals surface area contributed by atoms with Crippen LogP contribution in [0.1, 0.15) is 48.5 Å². The average molecular weight is 292 g/mol. The van der Waals surface area contributed by atoms with Crippen molar-refractivity contribution >= 4 is 25.0 Å². The molecule has 0 bridgehead atoms. The minimum absolute atomic E-state index is 0.191. The molecule has 0 N–H and O–H groups in total. The molecule has 18 heavy (non-hydrogen) atoms. The Labute approximate surface area is 116 Å². The van der Waals surface area contributed by atoms with Crippen molar-refractivity contribution in [2.24, 2.45) is 4.40 Å². The minimum atomic E-state index is -1.74. The maximum absolute atomic E-state index is 11.9. The summed E-state index contributed by atoms with van der Waals surface area (Å²) in [7, 11) is -2.94. The molecular weight excluding hydrogens is 262 g/mol. The molecule has 0 aliphatic heterocycles. The Hall–Kier alpha value is -0.00312. The van der Waals surface area contributed by atoms with E-state index in [9.17, 15) is 4.21 Å². The van der Waals surface area contributed by atoms with E-state index in [1.54, 1.807) is 0 Å². The maximum atomic E-state index is 11.9. The topological polar surface area (TPSA) is 38.7 Å². The van der Waals surface area contributed by atoms with Gasteiger partial charge in [-0.1, -0.05) is 20.8 Å². The smallest absolute Gasteiger partial charge is 0.192 e. The Morgan fingerprint density at radius 1 is 1.17 bits per heavy atom. The Bertz CT molecular complexity index is 338. The number of hydrogen-bond acceptors (Lipinski definition) is 2. The zero-order chi connectivity index (χ0) is 14.8. The monoisotopic (exact) mass is 291 g/mol. The molecule has 108 valence electrons. The third-order valence-corrected chi connectivity index (χ3v) is 9.21. The van der Waals surface area contributed by atoms with Gasteiger partial charge in [0, 0.05) is 0 Å². The first-order chi connectivity index (χ1) is 7.77. The standard InChI is InChI=1S/C13H29NO2SSi/c1-11(14-17(15)12(2,3)4)10-16-18(8,9)13(5,6)7/h10H2,1-9H3/b14-11+/t17-/m1/s1. The van der Waals surface area contributed by atoms with Crippen molar-refractivity contribution in [3.8, 4) is 0 Å². The van der Waals surface area contributed by atoms with E-state index in [-0.39, 0.29) is 9.79 Å². The van der Waals surface area contributed by atoms with Crippen molar-refractivity contribution in [3.63, 3.8) is 0 Å². The zero-order valence-electron chi connectivity index (χ0n) is 13.4. The fraction of sp³-hybridized carbons (Fsp3) is 0.923. The third kappa shape index (κ3) is 5.76. The van der Waals surface area contributed by atoms with E-state index in [2.05, 4.69) is 38.3 Å². The van der Waals surface area contributed by atoms with Gasteiger partial charge in [0.05, 0.1) is 17.1 Å². The number of nitrogens with zero attached hydrogens (tertiary/aromatic N) is 1. The van der Waals surface area contributed by atoms with Gasteiger partial charge in [-0.25, -0.2) is 4.21 Å². The van der Waals surface area contributed by atoms with Gasteiger partial charge >= 0.3 is 0 Å². The fourth-order valence-corrected chi connectivity index (χ4v) is 2.42. The predicted octanol–water partition coefficient (Wildman–Crippen LogP) is 3.93. The summed E-state index contributed by atoms with van der Waals surface area (Å²) < 4.78 is 21.8. The molecule has 0 spiro atoms. The van der Waals surface area contributed by atoms with Crippen molar-refractivity contribution in [1.29, 1.82) is 0 Å². The first kappa shape index (κ1) is 18.0. The lowest BCUT2D eigenvalue weighted by molar-refractivity contribution is 0.340. The van der Waals surface area contributed by atoms with Gasteiger partial charge in [0.2, 0.25) is 0 Å². The van der Waals surface area contributed by atoms with Gasteiger partial charge in [-0.15, -0.1) is 0 Å². The Morgan fingerprint density at radius 3 is 1.94 bits per heavy atom. The maximum Gasteiger partial charge on any atom is 0.192 e. The van der Waals surface area contributed by atoms with Crippen molar-refractivity contribution < 1.29 is 8.63 Å². The number of rotatable bonds is 4. The molecule has 0 unspecified atom stereocenters. The lowest BCUT2D eigenvalue weighted by atomic mass is 10.2. The molecule has 0 aliphatic rings. The van der Waals surface area contributed by atoms with Gasteiger partial charge in [-0.3, -0.25) is 0 Å². The largest absolute Gasteiger partial charge is 0.411 e. The van der Waals surface area contributed by atoms with Crippen LogP contribution >= 0.6 is 0 Å². The van der Waals surface area contributed by atoms with Crippen molar-refractivity contribution in [3.05, 3.63) is 0 Å². The summed E-state index contributed by atoms with van der Waals surface area (Å²) in [5, 5.41) is 0.191. The van der Waals surface area contributed by atoms with Crippen molar-refractivity contribution in [2.75, 3.05) is 6.61 Å². The summed E-state index contributed by atoms with van der Waals surface area (Å²) in [4.78, 5) is 0. The van der Waals surface area contributed by atoms with Crippen molar-refractivity contribution in [1.82, 2.24) is 0 Å². The van der Waals surface area contributed by atoms with Gasteiger partial charge < -0.3 is 4.43 Å². The van der Waals surface area contributed by atoms with Crippen LogP contribution in [0.4, 0.5) is 0 Å². The molecule has 0 fully saturated rings. The molecule has 0 rings (SSSR count). The van der Waals surface area contributed by atoms with E-state index in [4.69, 9.17) is 4.43 Å². The summed E-state index contributed by atoms with van der Waals surface area (Å²) in [6.45, 7) is 19.2. The molecule has 0 amide bonds. The number of hydrogen-bond donors (Lipinski definition) is 0. The van der Waals surface area contributed by atoms with Crippen LogP contribution in [0.5, 0.6) is 0 Å². The molecular formula is C13H29NO2SSi. The molecule has 0 aromatic heterocycles. The second kappa shape index (κ2) is 5.97. The second-order valence-corrected chi connectivity index (χ2v) is 14.0. The molecule has 0 heterocycles. The van der Waals surface area contributed by atoms with Crippen LogP contribution in [-0.2, 0) is 15.4 Å². The van der Waals surface area contributed by atoms with Crippen LogP contribution in [0.25, 0.3) is 0 Å². The lowest BCUT2D eigenvalue weighted by Crippen LogP contribution is -2.41. The van der Waals surface area contributed by atoms with Gasteiger partial charge in [0.1, 0.15) is 11.0 Å². The molecule has 1 atom stereocenters. The SMILES string of the molecule is C/C(CO[Si](C)(C)C(C)(C)C)=N\[S@](=O)C(C)(C)C. The van der Waals surface area contributed by atoms with Crippen LogP contribution in [0.15, 0.2) is 4.40 Å². The van der Waals surface area contributed by atoms with Gasteiger partial charge in [-0.2, -0.15) is 4.40 Å². The van der Waals surface area contributed by atoms with Gasteiger partial charge in [0.15, 0.2) is 8.32 Å². The summed E-state index contributed by atoms with van der Waals surface area (Å²) in [5.41, 5.74) is 0.813. The van der Waals surface area contributed by atoms with Crippen LogP contribution in [0, 0.1) is 0 Å². The van der Waals surface area contributed by atoms with Crippen LogP contribution in [0.3, 0.4) is 0 Å². The van der Waals surface area contributed by atoms with Crippen molar-refractivity contribution in [2.45, 2.75) is 71.3 Å². The van der Waals surface area contributed by atoms with E-state index in [0.29, 0.717) is 6.61 Å². The van der Waals surface area contributed by atoms with Gasteiger partial charge in [0.25, 0.3) is 0 Å². The Balaban J connectivity index is 4.58. The van der Waals surface area contributed by atoms with Crippen LogP contribution in [-0.4, -0.2) is 29.6 Å². The highest BCUT2D eigenvalue weighted by molar-refractivity contribution is 7.85. The van der Waals surface area contributed by atoms with E-state index in [0.717, 1.165) is 5.71 Å². The third-order valence-electron chi connectivity index (χ3n) is 3.21. The van der Waals surface area contributed by atoms with Crippen LogP contribution in [0.2, 0.25) is 18.1 Å². The highest BCUT2D eigenvalue weighted by Crippen LogP contribution is 2.36. The lowest BCUT2D eigenvalue weighted by Gasteiger charge is -2.36. The molecule has 5 heteroatoms. The molecule has 0 radical (unpaired) electrons. The first-order valence-corrected chi connectivity index (χ1v) is 10.4. The first-order valence-electron chi connectivity index (χ1n) is 6.37. The van der Waals surface area contributed by atoms with E-state index in [1.165, 1.54) is 0 Å². The summed E-state index contributed by atoms with van der Waals surface area (Å²) >= 11 is 0. The normalized spacial score (nSPS) is 16.8. The van der Waals surface area contributed by atoms with E-state index >= 15 is 0 Å². The Kier molecular flexibility index (Phi) is 5.97. The predicted molar refractivity (Wildman–Crippen MR) is 84.2 cm³/mol. The van der Waals surface area contributed by atoms with Crippen LogP contribution < -0.4 is 0 Å². The molecule has 0 aliphatic carbocycles. The second-order valence-electron chi connectivity index (χ2n) is 7.24. The fourth-order valence-electron chi connectivity index (χ4n) is 0.806. The molecule has 0 aromatic carbocycles. The quantitative estimate of drug-likeness (QED) is 0.581. The minimum Gasteiger partial charge on any atom is -0.411 e. The Morgan fingerprint density at radius 2 is 1.61 bits per heavy atom.